The predicted octanol–water partition coefficient (Wildman–Crippen LogP) is 1.81. The minimum absolute atomic E-state index is 0.0231. The zero-order valence-corrected chi connectivity index (χ0v) is 19.3. The van der Waals surface area contributed by atoms with E-state index in [1.807, 2.05) is 6.92 Å². The summed E-state index contributed by atoms with van der Waals surface area (Å²) >= 11 is 0. The van der Waals surface area contributed by atoms with E-state index >= 15 is 0 Å². The van der Waals surface area contributed by atoms with Gasteiger partial charge >= 0.3 is 0 Å². The Bertz CT molecular complexity index is 1100. The molecule has 1 amide bonds. The maximum absolute atomic E-state index is 12.3. The number of aromatic nitrogens is 2. The first-order valence-electron chi connectivity index (χ1n) is 10.6. The molecule has 1 aromatic carbocycles. The van der Waals surface area contributed by atoms with E-state index in [9.17, 15) is 18.3 Å². The van der Waals surface area contributed by atoms with E-state index in [0.29, 0.717) is 42.0 Å². The highest BCUT2D eigenvalue weighted by Crippen LogP contribution is 2.28. The van der Waals surface area contributed by atoms with Crippen LogP contribution >= 0.6 is 0 Å². The van der Waals surface area contributed by atoms with Gasteiger partial charge in [0.15, 0.2) is 11.5 Å². The van der Waals surface area contributed by atoms with E-state index in [4.69, 9.17) is 5.73 Å². The topological polar surface area (TPSA) is 159 Å². The van der Waals surface area contributed by atoms with Gasteiger partial charge in [-0.2, -0.15) is 0 Å². The molecule has 10 nitrogen and oxygen atoms in total. The van der Waals surface area contributed by atoms with Gasteiger partial charge in [-0.15, -0.1) is 0 Å². The van der Waals surface area contributed by atoms with E-state index < -0.39 is 15.9 Å². The Hall–Kier alpha value is -2.76. The molecule has 0 spiro atoms. The number of benzene rings is 1. The molecule has 2 aromatic rings. The summed E-state index contributed by atoms with van der Waals surface area (Å²) in [4.78, 5) is 21.2. The van der Waals surface area contributed by atoms with Crippen LogP contribution in [0.2, 0.25) is 0 Å². The second kappa shape index (κ2) is 9.80. The molecule has 1 fully saturated rings. The number of primary amides is 1. The number of nitrogens with one attached hydrogen (secondary N) is 3. The van der Waals surface area contributed by atoms with Crippen molar-refractivity contribution in [1.29, 1.82) is 0 Å². The lowest BCUT2D eigenvalue weighted by Crippen LogP contribution is -2.29. The van der Waals surface area contributed by atoms with Crippen molar-refractivity contribution in [2.24, 2.45) is 5.73 Å². The number of aliphatic hydroxyl groups excluding tert-OH is 1. The smallest absolute Gasteiger partial charge is 0.271 e. The van der Waals surface area contributed by atoms with Gasteiger partial charge in [-0.1, -0.05) is 13.0 Å². The average Bonchev–Trinajstić information content (AvgIpc) is 2.76. The van der Waals surface area contributed by atoms with Gasteiger partial charge in [0.05, 0.1) is 16.7 Å². The highest BCUT2D eigenvalue weighted by molar-refractivity contribution is 7.89. The van der Waals surface area contributed by atoms with Crippen molar-refractivity contribution in [3.05, 3.63) is 35.2 Å². The lowest BCUT2D eigenvalue weighted by atomic mass is 9.93. The van der Waals surface area contributed by atoms with E-state index in [-0.39, 0.29) is 28.6 Å². The third kappa shape index (κ3) is 5.34. The minimum atomic E-state index is -3.66. The van der Waals surface area contributed by atoms with Gasteiger partial charge in [0.2, 0.25) is 10.0 Å². The lowest BCUT2D eigenvalue weighted by molar-refractivity contribution is 0.0996. The Labute approximate surface area is 188 Å². The standard InChI is InChI=1S/C21H30N6O4S/c1-4-16-20(24-13-7-9-15(28)10-8-13)27-21(18(26-16)19(22)29)25-14-6-5-12(2)17(11-14)32(30,31)23-3/h5-6,11,13,15,23,28H,4,7-10H2,1-3H3,(H2,22,29)(H2,24,25,27)/t13-,15-. The van der Waals surface area contributed by atoms with Gasteiger partial charge in [0.25, 0.3) is 5.91 Å². The van der Waals surface area contributed by atoms with Crippen LogP contribution < -0.4 is 21.1 Å². The van der Waals surface area contributed by atoms with Crippen molar-refractivity contribution in [1.82, 2.24) is 14.7 Å². The third-order valence-electron chi connectivity index (χ3n) is 5.58. The zero-order chi connectivity index (χ0) is 23.5. The van der Waals surface area contributed by atoms with Gasteiger partial charge in [0.1, 0.15) is 5.82 Å². The van der Waals surface area contributed by atoms with E-state index in [0.717, 1.165) is 12.8 Å². The summed E-state index contributed by atoms with van der Waals surface area (Å²) in [7, 11) is -2.32. The van der Waals surface area contributed by atoms with Gasteiger partial charge < -0.3 is 21.5 Å². The fourth-order valence-corrected chi connectivity index (χ4v) is 4.71. The number of hydrogen-bond donors (Lipinski definition) is 5. The number of carbonyl (C=O) groups excluding carboxylic acids is 1. The van der Waals surface area contributed by atoms with E-state index in [1.165, 1.54) is 13.1 Å². The van der Waals surface area contributed by atoms with Crippen molar-refractivity contribution < 1.29 is 18.3 Å². The number of nitrogens with two attached hydrogens (primary N) is 1. The van der Waals surface area contributed by atoms with Gasteiger partial charge in [-0.3, -0.25) is 4.79 Å². The number of aliphatic hydroxyl groups is 1. The number of sulfonamides is 1. The first-order valence-corrected chi connectivity index (χ1v) is 12.1. The SMILES string of the molecule is CCc1nc(C(N)=O)c(Nc2ccc(C)c(S(=O)(=O)NC)c2)nc1N[C@H]1CC[C@H](O)CC1. The van der Waals surface area contributed by atoms with Gasteiger partial charge in [-0.05, 0) is 63.8 Å². The quantitative estimate of drug-likeness (QED) is 0.397. The van der Waals surface area contributed by atoms with Crippen LogP contribution in [0.1, 0.15) is 54.4 Å². The summed E-state index contributed by atoms with van der Waals surface area (Å²) in [5, 5.41) is 16.1. The molecule has 1 heterocycles. The maximum Gasteiger partial charge on any atom is 0.271 e. The third-order valence-corrected chi connectivity index (χ3v) is 7.14. The van der Waals surface area contributed by atoms with Crippen LogP contribution in [-0.2, 0) is 16.4 Å². The Kier molecular flexibility index (Phi) is 7.32. The van der Waals surface area contributed by atoms with Crippen LogP contribution in [0.3, 0.4) is 0 Å². The van der Waals surface area contributed by atoms with Crippen LogP contribution in [0.25, 0.3) is 0 Å². The number of amides is 1. The van der Waals surface area contributed by atoms with Crippen LogP contribution in [0.4, 0.5) is 17.3 Å². The summed E-state index contributed by atoms with van der Waals surface area (Å²) in [6.07, 6.45) is 3.29. The molecule has 32 heavy (non-hydrogen) atoms. The molecule has 1 aliphatic rings. The predicted molar refractivity (Wildman–Crippen MR) is 123 cm³/mol. The maximum atomic E-state index is 12.3. The normalized spacial score (nSPS) is 18.9. The molecule has 0 aliphatic heterocycles. The zero-order valence-electron chi connectivity index (χ0n) is 18.5. The van der Waals surface area contributed by atoms with Crippen LogP contribution in [0.15, 0.2) is 23.1 Å². The highest BCUT2D eigenvalue weighted by Gasteiger charge is 2.23. The molecule has 0 bridgehead atoms. The molecule has 6 N–H and O–H groups in total. The Morgan fingerprint density at radius 1 is 1.19 bits per heavy atom. The number of anilines is 3. The average molecular weight is 463 g/mol. The fourth-order valence-electron chi connectivity index (χ4n) is 3.72. The second-order valence-electron chi connectivity index (χ2n) is 7.90. The first-order chi connectivity index (χ1) is 15.1. The van der Waals surface area contributed by atoms with Crippen LogP contribution in [0, 0.1) is 6.92 Å². The molecule has 1 aliphatic carbocycles. The number of aryl methyl sites for hydroxylation is 2. The summed E-state index contributed by atoms with van der Waals surface area (Å²) in [5.74, 6) is -0.0569. The molecule has 174 valence electrons. The summed E-state index contributed by atoms with van der Waals surface area (Å²) in [5.41, 5.74) is 7.14. The molecular formula is C21H30N6O4S. The molecule has 0 radical (unpaired) electrons. The van der Waals surface area contributed by atoms with Gasteiger partial charge in [0, 0.05) is 11.7 Å². The largest absolute Gasteiger partial charge is 0.393 e. The van der Waals surface area contributed by atoms with E-state index in [2.05, 4.69) is 25.3 Å². The first kappa shape index (κ1) is 23.9. The minimum Gasteiger partial charge on any atom is -0.393 e. The molecule has 1 aromatic heterocycles. The fraction of sp³-hybridized carbons (Fsp3) is 0.476. The molecular weight excluding hydrogens is 432 g/mol. The van der Waals surface area contributed by atoms with Crippen molar-refractivity contribution in [2.45, 2.75) is 63.0 Å². The van der Waals surface area contributed by atoms with Crippen molar-refractivity contribution in [3.63, 3.8) is 0 Å². The van der Waals surface area contributed by atoms with Crippen molar-refractivity contribution in [2.75, 3.05) is 17.7 Å². The number of carbonyl (C=O) groups is 1. The van der Waals surface area contributed by atoms with Crippen molar-refractivity contribution >= 4 is 33.3 Å². The summed E-state index contributed by atoms with van der Waals surface area (Å²) < 4.78 is 26.9. The molecule has 11 heteroatoms. The van der Waals surface area contributed by atoms with Crippen molar-refractivity contribution in [3.8, 4) is 0 Å². The molecule has 0 atom stereocenters. The lowest BCUT2D eigenvalue weighted by Gasteiger charge is -2.27. The van der Waals surface area contributed by atoms with Gasteiger partial charge in [-0.25, -0.2) is 23.1 Å². The molecule has 3 rings (SSSR count). The Balaban J connectivity index is 1.98. The van der Waals surface area contributed by atoms with E-state index in [1.54, 1.807) is 19.1 Å². The number of nitrogens with zero attached hydrogens (tertiary/aromatic N) is 2. The van der Waals surface area contributed by atoms with Crippen LogP contribution in [-0.4, -0.2) is 48.6 Å². The highest BCUT2D eigenvalue weighted by atomic mass is 32.2. The number of hydrogen-bond acceptors (Lipinski definition) is 8. The van der Waals surface area contributed by atoms with Crippen LogP contribution in [0.5, 0.6) is 0 Å². The monoisotopic (exact) mass is 462 g/mol. The Morgan fingerprint density at radius 2 is 1.88 bits per heavy atom. The molecule has 1 saturated carbocycles. The molecule has 0 unspecified atom stereocenters. The Morgan fingerprint density at radius 3 is 2.47 bits per heavy atom. The molecule has 0 saturated heterocycles. The summed E-state index contributed by atoms with van der Waals surface area (Å²) in [6, 6.07) is 4.96. The number of rotatable bonds is 8. The summed E-state index contributed by atoms with van der Waals surface area (Å²) in [6.45, 7) is 3.61. The second-order valence-corrected chi connectivity index (χ2v) is 9.75.